The van der Waals surface area contributed by atoms with Gasteiger partial charge in [0.05, 0.1) is 0 Å². The average molecular weight is 351 g/mol. The molecular formula is C21H25N3O2. The van der Waals surface area contributed by atoms with E-state index in [0.717, 1.165) is 36.9 Å². The molecule has 1 heterocycles. The van der Waals surface area contributed by atoms with Crippen molar-refractivity contribution in [3.05, 3.63) is 53.2 Å². The van der Waals surface area contributed by atoms with E-state index in [4.69, 9.17) is 4.74 Å². The SMILES string of the molecule is O=C(NCc1cccnc1OC1CCCC1)Nc1ccc2c(c1)CCC2. The highest BCUT2D eigenvalue weighted by Crippen LogP contribution is 2.26. The molecule has 5 nitrogen and oxygen atoms in total. The van der Waals surface area contributed by atoms with Crippen LogP contribution in [-0.4, -0.2) is 17.1 Å². The van der Waals surface area contributed by atoms with Crippen LogP contribution in [0.2, 0.25) is 0 Å². The zero-order chi connectivity index (χ0) is 17.8. The number of benzene rings is 1. The first kappa shape index (κ1) is 16.9. The lowest BCUT2D eigenvalue weighted by Crippen LogP contribution is -2.28. The standard InChI is InChI=1S/C21H25N3O2/c25-21(24-18-11-10-15-5-3-6-16(15)13-18)23-14-17-7-4-12-22-20(17)26-19-8-1-2-9-19/h4,7,10-13,19H,1-3,5-6,8-9,14H2,(H2,23,24,25). The molecule has 0 atom stereocenters. The maximum Gasteiger partial charge on any atom is 0.319 e. The van der Waals surface area contributed by atoms with E-state index < -0.39 is 0 Å². The molecule has 0 spiro atoms. The maximum absolute atomic E-state index is 12.3. The summed E-state index contributed by atoms with van der Waals surface area (Å²) in [5.41, 5.74) is 4.50. The van der Waals surface area contributed by atoms with Crippen LogP contribution < -0.4 is 15.4 Å². The number of fused-ring (bicyclic) bond motifs is 1. The van der Waals surface area contributed by atoms with Crippen molar-refractivity contribution in [2.24, 2.45) is 0 Å². The Bertz CT molecular complexity index is 785. The molecule has 0 aliphatic heterocycles. The summed E-state index contributed by atoms with van der Waals surface area (Å²) in [6.45, 7) is 0.396. The summed E-state index contributed by atoms with van der Waals surface area (Å²) in [7, 11) is 0. The van der Waals surface area contributed by atoms with Gasteiger partial charge < -0.3 is 15.4 Å². The number of hydrogen-bond acceptors (Lipinski definition) is 3. The summed E-state index contributed by atoms with van der Waals surface area (Å²) < 4.78 is 6.02. The van der Waals surface area contributed by atoms with Gasteiger partial charge in [-0.15, -0.1) is 0 Å². The van der Waals surface area contributed by atoms with Gasteiger partial charge in [0.1, 0.15) is 6.10 Å². The predicted octanol–water partition coefficient (Wildman–Crippen LogP) is 4.21. The lowest BCUT2D eigenvalue weighted by atomic mass is 10.1. The molecule has 4 rings (SSSR count). The van der Waals surface area contributed by atoms with Gasteiger partial charge in [0, 0.05) is 24.0 Å². The van der Waals surface area contributed by atoms with E-state index in [2.05, 4.69) is 27.8 Å². The molecular weight excluding hydrogens is 326 g/mol. The average Bonchev–Trinajstić information content (AvgIpc) is 3.32. The van der Waals surface area contributed by atoms with Gasteiger partial charge in [-0.2, -0.15) is 0 Å². The molecule has 2 aromatic rings. The number of nitrogens with zero attached hydrogens (tertiary/aromatic N) is 1. The smallest absolute Gasteiger partial charge is 0.319 e. The van der Waals surface area contributed by atoms with Crippen molar-refractivity contribution in [3.8, 4) is 5.88 Å². The largest absolute Gasteiger partial charge is 0.474 e. The zero-order valence-corrected chi connectivity index (χ0v) is 15.0. The van der Waals surface area contributed by atoms with E-state index in [1.54, 1.807) is 6.20 Å². The topological polar surface area (TPSA) is 63.2 Å². The zero-order valence-electron chi connectivity index (χ0n) is 15.0. The van der Waals surface area contributed by atoms with Crippen LogP contribution in [0.4, 0.5) is 10.5 Å². The Labute approximate surface area is 154 Å². The van der Waals surface area contributed by atoms with Crippen molar-refractivity contribution >= 4 is 11.7 Å². The van der Waals surface area contributed by atoms with Crippen LogP contribution in [-0.2, 0) is 19.4 Å². The van der Waals surface area contributed by atoms with E-state index in [0.29, 0.717) is 12.4 Å². The number of amides is 2. The predicted molar refractivity (Wildman–Crippen MR) is 101 cm³/mol. The molecule has 1 aromatic heterocycles. The summed E-state index contributed by atoms with van der Waals surface area (Å²) in [5, 5.41) is 5.83. The van der Waals surface area contributed by atoms with Crippen LogP contribution in [0.1, 0.15) is 48.8 Å². The normalized spacial score (nSPS) is 16.3. The van der Waals surface area contributed by atoms with Crippen LogP contribution in [0.15, 0.2) is 36.5 Å². The summed E-state index contributed by atoms with van der Waals surface area (Å²) in [6, 6.07) is 9.79. The molecule has 1 saturated carbocycles. The lowest BCUT2D eigenvalue weighted by Gasteiger charge is -2.15. The molecule has 2 amide bonds. The van der Waals surface area contributed by atoms with E-state index in [1.807, 2.05) is 18.2 Å². The highest BCUT2D eigenvalue weighted by molar-refractivity contribution is 5.89. The van der Waals surface area contributed by atoms with E-state index in [-0.39, 0.29) is 12.1 Å². The van der Waals surface area contributed by atoms with Crippen molar-refractivity contribution in [2.75, 3.05) is 5.32 Å². The Balaban J connectivity index is 1.34. The minimum absolute atomic E-state index is 0.210. The number of urea groups is 1. The molecule has 136 valence electrons. The molecule has 0 unspecified atom stereocenters. The Morgan fingerprint density at radius 3 is 2.85 bits per heavy atom. The van der Waals surface area contributed by atoms with Gasteiger partial charge >= 0.3 is 6.03 Å². The van der Waals surface area contributed by atoms with E-state index >= 15 is 0 Å². The number of aromatic nitrogens is 1. The third-order valence-electron chi connectivity index (χ3n) is 5.23. The summed E-state index contributed by atoms with van der Waals surface area (Å²) in [5.74, 6) is 0.636. The van der Waals surface area contributed by atoms with Crippen molar-refractivity contribution in [1.29, 1.82) is 0 Å². The second kappa shape index (κ2) is 7.77. The number of nitrogens with one attached hydrogen (secondary N) is 2. The number of pyridine rings is 1. The molecule has 5 heteroatoms. The number of carbonyl (C=O) groups excluding carboxylic acids is 1. The van der Waals surface area contributed by atoms with E-state index in [9.17, 15) is 4.79 Å². The second-order valence-electron chi connectivity index (χ2n) is 7.14. The van der Waals surface area contributed by atoms with Crippen molar-refractivity contribution in [2.45, 2.75) is 57.6 Å². The number of anilines is 1. The van der Waals surface area contributed by atoms with Gasteiger partial charge in [0.2, 0.25) is 5.88 Å². The first-order valence-corrected chi connectivity index (χ1v) is 9.55. The molecule has 26 heavy (non-hydrogen) atoms. The summed E-state index contributed by atoms with van der Waals surface area (Å²) in [4.78, 5) is 16.6. The van der Waals surface area contributed by atoms with Gasteiger partial charge in [-0.05, 0) is 74.3 Å². The summed E-state index contributed by atoms with van der Waals surface area (Å²) in [6.07, 6.45) is 10.0. The summed E-state index contributed by atoms with van der Waals surface area (Å²) >= 11 is 0. The fraction of sp³-hybridized carbons (Fsp3) is 0.429. The Morgan fingerprint density at radius 2 is 1.96 bits per heavy atom. The number of ether oxygens (including phenoxy) is 1. The molecule has 2 aliphatic carbocycles. The van der Waals surface area contributed by atoms with Gasteiger partial charge in [0.15, 0.2) is 0 Å². The lowest BCUT2D eigenvalue weighted by molar-refractivity contribution is 0.199. The molecule has 0 radical (unpaired) electrons. The minimum Gasteiger partial charge on any atom is -0.474 e. The molecule has 1 aromatic carbocycles. The first-order chi connectivity index (χ1) is 12.8. The highest BCUT2D eigenvalue weighted by Gasteiger charge is 2.19. The van der Waals surface area contributed by atoms with Gasteiger partial charge in [0.25, 0.3) is 0 Å². The van der Waals surface area contributed by atoms with Crippen molar-refractivity contribution < 1.29 is 9.53 Å². The van der Waals surface area contributed by atoms with Crippen LogP contribution in [0.3, 0.4) is 0 Å². The van der Waals surface area contributed by atoms with Crippen molar-refractivity contribution in [1.82, 2.24) is 10.3 Å². The molecule has 2 aliphatic rings. The first-order valence-electron chi connectivity index (χ1n) is 9.55. The van der Waals surface area contributed by atoms with Gasteiger partial charge in [-0.3, -0.25) is 0 Å². The van der Waals surface area contributed by atoms with E-state index in [1.165, 1.54) is 30.4 Å². The maximum atomic E-state index is 12.3. The number of carbonyl (C=O) groups is 1. The Kier molecular flexibility index (Phi) is 5.04. The number of aryl methyl sites for hydroxylation is 2. The minimum atomic E-state index is -0.210. The third kappa shape index (κ3) is 3.98. The molecule has 0 saturated heterocycles. The quantitative estimate of drug-likeness (QED) is 0.848. The van der Waals surface area contributed by atoms with Crippen LogP contribution in [0.5, 0.6) is 5.88 Å². The van der Waals surface area contributed by atoms with Gasteiger partial charge in [-0.25, -0.2) is 9.78 Å². The number of rotatable bonds is 5. The third-order valence-corrected chi connectivity index (χ3v) is 5.23. The Morgan fingerprint density at radius 1 is 1.12 bits per heavy atom. The molecule has 1 fully saturated rings. The van der Waals surface area contributed by atoms with Crippen molar-refractivity contribution in [3.63, 3.8) is 0 Å². The van der Waals surface area contributed by atoms with Crippen LogP contribution in [0.25, 0.3) is 0 Å². The highest BCUT2D eigenvalue weighted by atomic mass is 16.5. The number of hydrogen-bond donors (Lipinski definition) is 2. The second-order valence-corrected chi connectivity index (χ2v) is 7.14. The monoisotopic (exact) mass is 351 g/mol. The van der Waals surface area contributed by atoms with Crippen LogP contribution >= 0.6 is 0 Å². The molecule has 2 N–H and O–H groups in total. The molecule has 0 bridgehead atoms. The van der Waals surface area contributed by atoms with Crippen LogP contribution in [0, 0.1) is 0 Å². The fourth-order valence-electron chi connectivity index (χ4n) is 3.83. The Hall–Kier alpha value is -2.56. The fourth-order valence-corrected chi connectivity index (χ4v) is 3.83. The van der Waals surface area contributed by atoms with Gasteiger partial charge in [-0.1, -0.05) is 12.1 Å².